The van der Waals surface area contributed by atoms with E-state index in [1.165, 1.54) is 6.08 Å². The minimum atomic E-state index is -0.536. The molecule has 0 N–H and O–H groups in total. The number of hydrogen-bond donors (Lipinski definition) is 0. The van der Waals surface area contributed by atoms with Gasteiger partial charge in [0.15, 0.2) is 5.70 Å². The number of rotatable bonds is 2. The van der Waals surface area contributed by atoms with E-state index in [1.54, 1.807) is 18.2 Å². The molecule has 6 heteroatoms. The summed E-state index contributed by atoms with van der Waals surface area (Å²) in [5.41, 5.74) is 1.40. The third-order valence-corrected chi connectivity index (χ3v) is 4.13. The van der Waals surface area contributed by atoms with Gasteiger partial charge in [0.05, 0.1) is 0 Å². The number of esters is 1. The SMILES string of the molecule is O=C1OC(c2cccc(Br)c2)=NC1=Cc1c(Cl)cccc1Cl. The van der Waals surface area contributed by atoms with Crippen LogP contribution in [0.5, 0.6) is 0 Å². The highest BCUT2D eigenvalue weighted by Crippen LogP contribution is 2.29. The molecule has 3 nitrogen and oxygen atoms in total. The zero-order valence-electron chi connectivity index (χ0n) is 11.0. The number of hydrogen-bond acceptors (Lipinski definition) is 3. The molecular formula is C16H8BrCl2NO2. The van der Waals surface area contributed by atoms with Crippen molar-refractivity contribution in [1.29, 1.82) is 0 Å². The molecule has 0 aromatic heterocycles. The maximum Gasteiger partial charge on any atom is 0.363 e. The van der Waals surface area contributed by atoms with E-state index >= 15 is 0 Å². The number of ether oxygens (including phenoxy) is 1. The Bertz CT molecular complexity index is 810. The van der Waals surface area contributed by atoms with Gasteiger partial charge in [0.25, 0.3) is 0 Å². The molecule has 0 amide bonds. The third kappa shape index (κ3) is 3.09. The van der Waals surface area contributed by atoms with E-state index in [2.05, 4.69) is 20.9 Å². The molecule has 0 saturated carbocycles. The molecule has 2 aromatic rings. The standard InChI is InChI=1S/C16H8BrCl2NO2/c17-10-4-1-3-9(7-10)15-20-14(16(21)22-15)8-11-12(18)5-2-6-13(11)19/h1-8H. The number of carbonyl (C=O) groups excluding carboxylic acids is 1. The van der Waals surface area contributed by atoms with E-state index in [1.807, 2.05) is 24.3 Å². The molecule has 0 atom stereocenters. The van der Waals surface area contributed by atoms with Crippen molar-refractivity contribution < 1.29 is 9.53 Å². The lowest BCUT2D eigenvalue weighted by Crippen LogP contribution is -2.05. The van der Waals surface area contributed by atoms with Crippen LogP contribution in [-0.4, -0.2) is 11.9 Å². The number of halogens is 3. The van der Waals surface area contributed by atoms with Crippen molar-refractivity contribution in [2.45, 2.75) is 0 Å². The van der Waals surface area contributed by atoms with Crippen molar-refractivity contribution in [3.05, 3.63) is 73.8 Å². The van der Waals surface area contributed by atoms with Crippen molar-refractivity contribution in [1.82, 2.24) is 0 Å². The van der Waals surface area contributed by atoms with Gasteiger partial charge in [0, 0.05) is 25.6 Å². The van der Waals surface area contributed by atoms with Gasteiger partial charge in [-0.05, 0) is 36.4 Å². The first-order valence-corrected chi connectivity index (χ1v) is 7.82. The van der Waals surface area contributed by atoms with E-state index in [0.717, 1.165) is 4.47 Å². The van der Waals surface area contributed by atoms with Crippen molar-refractivity contribution in [2.75, 3.05) is 0 Å². The number of cyclic esters (lactones) is 1. The monoisotopic (exact) mass is 395 g/mol. The Morgan fingerprint density at radius 2 is 1.77 bits per heavy atom. The van der Waals surface area contributed by atoms with Gasteiger partial charge >= 0.3 is 5.97 Å². The minimum Gasteiger partial charge on any atom is -0.402 e. The van der Waals surface area contributed by atoms with Crippen LogP contribution in [0.3, 0.4) is 0 Å². The lowest BCUT2D eigenvalue weighted by atomic mass is 10.2. The fourth-order valence-electron chi connectivity index (χ4n) is 1.94. The average molecular weight is 397 g/mol. The second-order valence-electron chi connectivity index (χ2n) is 4.48. The average Bonchev–Trinajstić information content (AvgIpc) is 2.84. The summed E-state index contributed by atoms with van der Waals surface area (Å²) in [5, 5.41) is 0.887. The molecule has 0 spiro atoms. The molecule has 0 saturated heterocycles. The Kier molecular flexibility index (Phi) is 4.34. The van der Waals surface area contributed by atoms with E-state index in [9.17, 15) is 4.79 Å². The van der Waals surface area contributed by atoms with Crippen LogP contribution < -0.4 is 0 Å². The lowest BCUT2D eigenvalue weighted by Gasteiger charge is -2.00. The molecule has 2 aromatic carbocycles. The summed E-state index contributed by atoms with van der Waals surface area (Å²) < 4.78 is 6.07. The molecule has 0 radical (unpaired) electrons. The van der Waals surface area contributed by atoms with Crippen LogP contribution in [0.1, 0.15) is 11.1 Å². The normalized spacial score (nSPS) is 15.9. The van der Waals surface area contributed by atoms with Crippen LogP contribution in [0, 0.1) is 0 Å². The smallest absolute Gasteiger partial charge is 0.363 e. The van der Waals surface area contributed by atoms with Crippen LogP contribution in [0.15, 0.2) is 57.6 Å². The third-order valence-electron chi connectivity index (χ3n) is 2.97. The summed E-state index contributed by atoms with van der Waals surface area (Å²) in [7, 11) is 0. The molecule has 1 aliphatic heterocycles. The van der Waals surface area contributed by atoms with Gasteiger partial charge in [0.2, 0.25) is 5.90 Å². The molecule has 22 heavy (non-hydrogen) atoms. The van der Waals surface area contributed by atoms with Crippen molar-refractivity contribution >= 4 is 57.1 Å². The molecule has 0 bridgehead atoms. The first kappa shape index (κ1) is 15.3. The summed E-state index contributed by atoms with van der Waals surface area (Å²) in [6.07, 6.45) is 1.53. The quantitative estimate of drug-likeness (QED) is 0.523. The molecule has 110 valence electrons. The second-order valence-corrected chi connectivity index (χ2v) is 6.21. The fourth-order valence-corrected chi connectivity index (χ4v) is 2.85. The van der Waals surface area contributed by atoms with Gasteiger partial charge in [-0.1, -0.05) is 51.3 Å². The molecule has 1 heterocycles. The van der Waals surface area contributed by atoms with Gasteiger partial charge in [-0.25, -0.2) is 9.79 Å². The largest absolute Gasteiger partial charge is 0.402 e. The Labute approximate surface area is 145 Å². The first-order chi connectivity index (χ1) is 10.5. The van der Waals surface area contributed by atoms with E-state index in [-0.39, 0.29) is 11.6 Å². The molecule has 3 rings (SSSR count). The zero-order valence-corrected chi connectivity index (χ0v) is 14.1. The van der Waals surface area contributed by atoms with E-state index in [0.29, 0.717) is 21.2 Å². The summed E-state index contributed by atoms with van der Waals surface area (Å²) in [6, 6.07) is 12.5. The molecule has 0 fully saturated rings. The molecule has 0 aliphatic carbocycles. The Hall–Kier alpha value is -1.62. The lowest BCUT2D eigenvalue weighted by molar-refractivity contribution is -0.129. The van der Waals surface area contributed by atoms with Crippen LogP contribution in [0.25, 0.3) is 6.08 Å². The predicted octanol–water partition coefficient (Wildman–Crippen LogP) is 5.10. The van der Waals surface area contributed by atoms with E-state index < -0.39 is 5.97 Å². The highest BCUT2D eigenvalue weighted by molar-refractivity contribution is 9.10. The zero-order chi connectivity index (χ0) is 15.7. The van der Waals surface area contributed by atoms with Gasteiger partial charge in [-0.15, -0.1) is 0 Å². The van der Waals surface area contributed by atoms with Crippen LogP contribution in [0.4, 0.5) is 0 Å². The van der Waals surface area contributed by atoms with Crippen molar-refractivity contribution in [2.24, 2.45) is 4.99 Å². The van der Waals surface area contributed by atoms with Crippen molar-refractivity contribution in [3.8, 4) is 0 Å². The van der Waals surface area contributed by atoms with Gasteiger partial charge in [-0.2, -0.15) is 0 Å². The highest BCUT2D eigenvalue weighted by atomic mass is 79.9. The number of aliphatic imine (C=N–C) groups is 1. The minimum absolute atomic E-state index is 0.157. The van der Waals surface area contributed by atoms with Crippen molar-refractivity contribution in [3.63, 3.8) is 0 Å². The van der Waals surface area contributed by atoms with Crippen LogP contribution in [0.2, 0.25) is 10.0 Å². The molecular weight excluding hydrogens is 389 g/mol. The predicted molar refractivity (Wildman–Crippen MR) is 91.2 cm³/mol. The second kappa shape index (κ2) is 6.24. The van der Waals surface area contributed by atoms with E-state index in [4.69, 9.17) is 27.9 Å². The Morgan fingerprint density at radius 3 is 2.45 bits per heavy atom. The number of benzene rings is 2. The summed E-state index contributed by atoms with van der Waals surface area (Å²) in [6.45, 7) is 0. The summed E-state index contributed by atoms with van der Waals surface area (Å²) in [5.74, 6) is -0.285. The Morgan fingerprint density at radius 1 is 1.09 bits per heavy atom. The Balaban J connectivity index is 2.02. The van der Waals surface area contributed by atoms with Gasteiger partial charge in [-0.3, -0.25) is 0 Å². The summed E-state index contributed by atoms with van der Waals surface area (Å²) in [4.78, 5) is 16.2. The number of nitrogens with zero attached hydrogens (tertiary/aromatic N) is 1. The molecule has 1 aliphatic rings. The number of carbonyl (C=O) groups is 1. The van der Waals surface area contributed by atoms with Crippen LogP contribution in [-0.2, 0) is 9.53 Å². The summed E-state index contributed by atoms with van der Waals surface area (Å²) >= 11 is 15.6. The molecule has 0 unspecified atom stereocenters. The maximum atomic E-state index is 12.0. The first-order valence-electron chi connectivity index (χ1n) is 6.27. The van der Waals surface area contributed by atoms with Gasteiger partial charge < -0.3 is 4.74 Å². The highest BCUT2D eigenvalue weighted by Gasteiger charge is 2.24. The maximum absolute atomic E-state index is 12.0. The topological polar surface area (TPSA) is 38.7 Å². The fraction of sp³-hybridized carbons (Fsp3) is 0. The van der Waals surface area contributed by atoms with Crippen LogP contribution >= 0.6 is 39.1 Å². The van der Waals surface area contributed by atoms with Gasteiger partial charge in [0.1, 0.15) is 0 Å².